The first-order valence-corrected chi connectivity index (χ1v) is 17.6. The topological polar surface area (TPSA) is 63.2 Å². The quantitative estimate of drug-likeness (QED) is 0.0538. The van der Waals surface area contributed by atoms with E-state index in [1.165, 1.54) is 57.4 Å². The van der Waals surface area contributed by atoms with Crippen molar-refractivity contribution in [3.63, 3.8) is 0 Å². The molecule has 0 bridgehead atoms. The Kier molecular flexibility index (Phi) is 23.4. The molecule has 0 aromatic heterocycles. The van der Waals surface area contributed by atoms with Crippen LogP contribution in [0.25, 0.3) is 6.08 Å². The third-order valence-corrected chi connectivity index (χ3v) is 7.48. The summed E-state index contributed by atoms with van der Waals surface area (Å²) >= 11 is 0. The van der Waals surface area contributed by atoms with Crippen molar-refractivity contribution < 1.29 is 28.5 Å². The zero-order valence-corrected chi connectivity index (χ0v) is 28.6. The van der Waals surface area contributed by atoms with E-state index in [4.69, 9.17) is 23.7 Å². The summed E-state index contributed by atoms with van der Waals surface area (Å²) in [7, 11) is 0. The normalized spacial score (nSPS) is 12.0. The van der Waals surface area contributed by atoms with Crippen LogP contribution in [0.2, 0.25) is 0 Å². The molecule has 1 unspecified atom stereocenters. The van der Waals surface area contributed by atoms with E-state index in [0.29, 0.717) is 55.0 Å². The van der Waals surface area contributed by atoms with Crippen LogP contribution < -0.4 is 18.9 Å². The number of rotatable bonds is 28. The highest BCUT2D eigenvalue weighted by molar-refractivity contribution is 5.89. The second kappa shape index (κ2) is 26.1. The number of hydrogen-bond acceptors (Lipinski definition) is 6. The van der Waals surface area contributed by atoms with Gasteiger partial charge in [0, 0.05) is 12.1 Å². The molecule has 0 amide bonds. The molecule has 1 aromatic carbocycles. The molecule has 1 aromatic rings. The fourth-order valence-electron chi connectivity index (χ4n) is 4.58. The summed E-state index contributed by atoms with van der Waals surface area (Å²) in [5.74, 6) is 2.13. The molecule has 1 atom stereocenters. The van der Waals surface area contributed by atoms with Gasteiger partial charge in [0.1, 0.15) is 0 Å². The average molecular weight is 605 g/mol. The summed E-state index contributed by atoms with van der Waals surface area (Å²) in [6, 6.07) is 1.94. The summed E-state index contributed by atoms with van der Waals surface area (Å²) in [5.41, 5.74) is 0.682. The Bertz CT molecular complexity index is 815. The van der Waals surface area contributed by atoms with Crippen LogP contribution >= 0.6 is 0 Å². The molecular weight excluding hydrogens is 540 g/mol. The fraction of sp³-hybridized carbons (Fsp3) is 0.757. The van der Waals surface area contributed by atoms with Crippen LogP contribution in [0.1, 0.15) is 156 Å². The van der Waals surface area contributed by atoms with Gasteiger partial charge in [-0.3, -0.25) is 0 Å². The van der Waals surface area contributed by atoms with Gasteiger partial charge in [0.15, 0.2) is 23.0 Å². The Morgan fingerprint density at radius 2 is 1.00 bits per heavy atom. The van der Waals surface area contributed by atoms with E-state index in [-0.39, 0.29) is 12.1 Å². The zero-order valence-electron chi connectivity index (χ0n) is 28.6. The third kappa shape index (κ3) is 17.5. The monoisotopic (exact) mass is 604 g/mol. The first kappa shape index (κ1) is 38.7. The number of ether oxygens (including phenoxy) is 5. The standard InChI is InChI=1S/C37H64O6/c1-7-12-16-20-26-39-33-30-34(40-27-21-17-13-8-2)37(42-29-23-19-15-10-4)32(24-25-35(38)43-31(6)11-5)36(33)41-28-22-18-14-9-3/h24-25,30-31H,7-23,26-29H2,1-6H3. The molecule has 0 aliphatic rings. The zero-order chi connectivity index (χ0) is 31.5. The lowest BCUT2D eigenvalue weighted by Crippen LogP contribution is -2.12. The Labute approximate surface area is 264 Å². The number of benzene rings is 1. The van der Waals surface area contributed by atoms with Gasteiger partial charge in [0.25, 0.3) is 0 Å². The molecule has 1 rings (SSSR count). The fourth-order valence-corrected chi connectivity index (χ4v) is 4.58. The van der Waals surface area contributed by atoms with Gasteiger partial charge in [-0.15, -0.1) is 0 Å². The van der Waals surface area contributed by atoms with Gasteiger partial charge in [-0.1, -0.05) is 112 Å². The van der Waals surface area contributed by atoms with Crippen LogP contribution in [0.3, 0.4) is 0 Å². The Balaban J connectivity index is 3.52. The largest absolute Gasteiger partial charge is 0.490 e. The number of hydrogen-bond donors (Lipinski definition) is 0. The SMILES string of the molecule is CCCCCCOc1cc(OCCCCCC)c(OCCCCCC)c(C=CC(=O)OC(C)CC)c1OCCCCCC. The first-order chi connectivity index (χ1) is 21.0. The van der Waals surface area contributed by atoms with Crippen molar-refractivity contribution in [1.82, 2.24) is 0 Å². The van der Waals surface area contributed by atoms with Crippen LogP contribution in [-0.4, -0.2) is 38.5 Å². The molecule has 0 radical (unpaired) electrons. The summed E-state index contributed by atoms with van der Waals surface area (Å²) in [6.45, 7) is 15.1. The highest BCUT2D eigenvalue weighted by Crippen LogP contribution is 2.46. The van der Waals surface area contributed by atoms with Gasteiger partial charge >= 0.3 is 5.97 Å². The van der Waals surface area contributed by atoms with Crippen LogP contribution in [0.5, 0.6) is 23.0 Å². The molecule has 0 fully saturated rings. The minimum atomic E-state index is -0.384. The maximum Gasteiger partial charge on any atom is 0.331 e. The summed E-state index contributed by atoms with van der Waals surface area (Å²) < 4.78 is 31.2. The van der Waals surface area contributed by atoms with Gasteiger partial charge in [0.05, 0.1) is 38.1 Å². The summed E-state index contributed by atoms with van der Waals surface area (Å²) in [6.07, 6.45) is 21.6. The molecule has 43 heavy (non-hydrogen) atoms. The van der Waals surface area contributed by atoms with E-state index >= 15 is 0 Å². The first-order valence-electron chi connectivity index (χ1n) is 17.6. The molecular formula is C37H64O6. The molecule has 0 saturated heterocycles. The van der Waals surface area contributed by atoms with Gasteiger partial charge in [-0.2, -0.15) is 0 Å². The predicted molar refractivity (Wildman–Crippen MR) is 180 cm³/mol. The molecule has 0 spiro atoms. The van der Waals surface area contributed by atoms with Gasteiger partial charge in [0.2, 0.25) is 0 Å². The number of carbonyl (C=O) groups is 1. The second-order valence-corrected chi connectivity index (χ2v) is 11.6. The molecule has 0 aliphatic carbocycles. The summed E-state index contributed by atoms with van der Waals surface area (Å²) in [5, 5.41) is 0. The number of unbranched alkanes of at least 4 members (excludes halogenated alkanes) is 12. The average Bonchev–Trinajstić information content (AvgIpc) is 3.00. The van der Waals surface area contributed by atoms with E-state index in [1.807, 2.05) is 19.9 Å². The van der Waals surface area contributed by atoms with E-state index < -0.39 is 0 Å². The van der Waals surface area contributed by atoms with E-state index in [9.17, 15) is 4.79 Å². The molecule has 6 heteroatoms. The predicted octanol–water partition coefficient (Wildman–Crippen LogP) is 10.9. The van der Waals surface area contributed by atoms with E-state index in [0.717, 1.165) is 57.8 Å². The maximum absolute atomic E-state index is 12.7. The lowest BCUT2D eigenvalue weighted by Gasteiger charge is -2.22. The smallest absolute Gasteiger partial charge is 0.331 e. The second-order valence-electron chi connectivity index (χ2n) is 11.6. The van der Waals surface area contributed by atoms with Crippen molar-refractivity contribution >= 4 is 12.0 Å². The van der Waals surface area contributed by atoms with Crippen molar-refractivity contribution in [2.75, 3.05) is 26.4 Å². The lowest BCUT2D eigenvalue weighted by molar-refractivity contribution is -0.142. The molecule has 248 valence electrons. The maximum atomic E-state index is 12.7. The van der Waals surface area contributed by atoms with Crippen LogP contribution in [0.4, 0.5) is 0 Å². The van der Waals surface area contributed by atoms with Gasteiger partial charge in [-0.25, -0.2) is 4.79 Å². The highest BCUT2D eigenvalue weighted by Gasteiger charge is 2.23. The van der Waals surface area contributed by atoms with E-state index in [2.05, 4.69) is 27.7 Å². The van der Waals surface area contributed by atoms with Gasteiger partial charge in [-0.05, 0) is 45.1 Å². The Morgan fingerprint density at radius 3 is 1.37 bits per heavy atom. The molecule has 0 heterocycles. The van der Waals surface area contributed by atoms with Crippen LogP contribution in [0.15, 0.2) is 12.1 Å². The van der Waals surface area contributed by atoms with Crippen molar-refractivity contribution in [3.8, 4) is 23.0 Å². The van der Waals surface area contributed by atoms with Crippen LogP contribution in [-0.2, 0) is 9.53 Å². The Hall–Kier alpha value is -2.37. The Morgan fingerprint density at radius 1 is 0.605 bits per heavy atom. The van der Waals surface area contributed by atoms with Crippen molar-refractivity contribution in [1.29, 1.82) is 0 Å². The van der Waals surface area contributed by atoms with Crippen molar-refractivity contribution in [2.45, 2.75) is 157 Å². The van der Waals surface area contributed by atoms with Gasteiger partial charge < -0.3 is 23.7 Å². The molecule has 6 nitrogen and oxygen atoms in total. The number of carbonyl (C=O) groups excluding carboxylic acids is 1. The van der Waals surface area contributed by atoms with E-state index in [1.54, 1.807) is 6.08 Å². The number of esters is 1. The van der Waals surface area contributed by atoms with Crippen molar-refractivity contribution in [3.05, 3.63) is 17.7 Å². The highest BCUT2D eigenvalue weighted by atomic mass is 16.5. The third-order valence-electron chi connectivity index (χ3n) is 7.48. The minimum Gasteiger partial charge on any atom is -0.490 e. The molecule has 0 N–H and O–H groups in total. The lowest BCUT2D eigenvalue weighted by atomic mass is 10.1. The molecule has 0 aliphatic heterocycles. The van der Waals surface area contributed by atoms with Crippen molar-refractivity contribution in [2.24, 2.45) is 0 Å². The summed E-state index contributed by atoms with van der Waals surface area (Å²) in [4.78, 5) is 12.7. The van der Waals surface area contributed by atoms with Crippen LogP contribution in [0, 0.1) is 0 Å². The minimum absolute atomic E-state index is 0.152. The molecule has 0 saturated carbocycles.